The molecule has 32 heavy (non-hydrogen) atoms. The van der Waals surface area contributed by atoms with Crippen LogP contribution < -0.4 is 10.3 Å². The minimum atomic E-state index is -3.66. The summed E-state index contributed by atoms with van der Waals surface area (Å²) in [6.45, 7) is 6.20. The first-order valence-electron chi connectivity index (χ1n) is 10.6. The van der Waals surface area contributed by atoms with Crippen molar-refractivity contribution in [3.63, 3.8) is 0 Å². The summed E-state index contributed by atoms with van der Waals surface area (Å²) < 4.78 is 31.6. The van der Waals surface area contributed by atoms with Crippen LogP contribution in [0, 0.1) is 6.92 Å². The topological polar surface area (TPSA) is 88.9 Å². The summed E-state index contributed by atoms with van der Waals surface area (Å²) in [5, 5.41) is 1.10. The Morgan fingerprint density at radius 3 is 2.41 bits per heavy atom. The number of fused-ring (bicyclic) bond motifs is 1. The second-order valence-electron chi connectivity index (χ2n) is 8.30. The molecule has 8 heteroatoms. The number of H-pyrrole nitrogens is 1. The third-order valence-corrected chi connectivity index (χ3v) is 7.41. The molecule has 4 aromatic rings. The molecule has 7 nitrogen and oxygen atoms in total. The first-order valence-corrected chi connectivity index (χ1v) is 12.1. The number of para-hydroxylation sites is 1. The highest BCUT2D eigenvalue weighted by molar-refractivity contribution is 7.89. The lowest BCUT2D eigenvalue weighted by Gasteiger charge is -2.10. The smallest absolute Gasteiger partial charge is 0.275 e. The molecule has 0 fully saturated rings. The first kappa shape index (κ1) is 22.1. The molecule has 0 bridgehead atoms. The van der Waals surface area contributed by atoms with Crippen molar-refractivity contribution in [2.24, 2.45) is 7.05 Å². The molecule has 0 saturated heterocycles. The van der Waals surface area contributed by atoms with Gasteiger partial charge in [0, 0.05) is 41.9 Å². The van der Waals surface area contributed by atoms with Gasteiger partial charge in [-0.05, 0) is 55.2 Å². The molecular weight excluding hydrogens is 424 g/mol. The van der Waals surface area contributed by atoms with Crippen LogP contribution in [-0.4, -0.2) is 29.3 Å². The Balaban J connectivity index is 1.51. The molecule has 0 radical (unpaired) electrons. The van der Waals surface area contributed by atoms with Crippen LogP contribution in [0.2, 0.25) is 0 Å². The monoisotopic (exact) mass is 452 g/mol. The number of aromatic nitrogens is 3. The van der Waals surface area contributed by atoms with Crippen LogP contribution in [0.15, 0.2) is 64.4 Å². The van der Waals surface area contributed by atoms with Crippen molar-refractivity contribution < 1.29 is 8.42 Å². The van der Waals surface area contributed by atoms with Gasteiger partial charge in [0.1, 0.15) is 0 Å². The maximum atomic E-state index is 12.9. The number of rotatable bonds is 7. The highest BCUT2D eigenvalue weighted by Gasteiger charge is 2.19. The Morgan fingerprint density at radius 2 is 1.75 bits per heavy atom. The molecule has 2 N–H and O–H groups in total. The van der Waals surface area contributed by atoms with E-state index in [1.165, 1.54) is 12.1 Å². The van der Waals surface area contributed by atoms with Crippen molar-refractivity contribution in [3.05, 3.63) is 81.9 Å². The molecule has 0 saturated carbocycles. The number of hydrogen-bond acceptors (Lipinski definition) is 3. The molecule has 0 spiro atoms. The predicted octanol–water partition coefficient (Wildman–Crippen LogP) is 3.61. The van der Waals surface area contributed by atoms with Crippen molar-refractivity contribution in [2.45, 2.75) is 38.0 Å². The van der Waals surface area contributed by atoms with E-state index in [0.717, 1.165) is 27.7 Å². The predicted molar refractivity (Wildman–Crippen MR) is 127 cm³/mol. The molecule has 168 valence electrons. The van der Waals surface area contributed by atoms with Gasteiger partial charge in [0.05, 0.1) is 10.6 Å². The zero-order valence-electron chi connectivity index (χ0n) is 18.7. The van der Waals surface area contributed by atoms with E-state index >= 15 is 0 Å². The molecule has 4 rings (SSSR count). The van der Waals surface area contributed by atoms with Crippen molar-refractivity contribution in [1.82, 2.24) is 19.1 Å². The highest BCUT2D eigenvalue weighted by atomic mass is 32.2. The van der Waals surface area contributed by atoms with E-state index in [1.807, 2.05) is 58.3 Å². The third kappa shape index (κ3) is 3.91. The lowest BCUT2D eigenvalue weighted by Crippen LogP contribution is -2.26. The second kappa shape index (κ2) is 8.44. The van der Waals surface area contributed by atoms with Gasteiger partial charge in [0.25, 0.3) is 5.56 Å². The Morgan fingerprint density at radius 1 is 1.06 bits per heavy atom. The quantitative estimate of drug-likeness (QED) is 0.449. The lowest BCUT2D eigenvalue weighted by molar-refractivity contribution is 0.581. The van der Waals surface area contributed by atoms with E-state index in [2.05, 4.69) is 9.71 Å². The molecule has 0 atom stereocenters. The normalized spacial score (nSPS) is 12.2. The van der Waals surface area contributed by atoms with Crippen LogP contribution in [0.3, 0.4) is 0 Å². The largest absolute Gasteiger partial charge is 0.361 e. The molecule has 0 aliphatic rings. The average molecular weight is 453 g/mol. The molecule has 2 aromatic carbocycles. The summed E-state index contributed by atoms with van der Waals surface area (Å²) in [6, 6.07) is 14.3. The van der Waals surface area contributed by atoms with E-state index in [0.29, 0.717) is 18.7 Å². The van der Waals surface area contributed by atoms with Gasteiger partial charge in [-0.15, -0.1) is 0 Å². The van der Waals surface area contributed by atoms with Crippen LogP contribution >= 0.6 is 0 Å². The Labute approximate surface area is 187 Å². The van der Waals surface area contributed by atoms with E-state index in [9.17, 15) is 13.2 Å². The molecule has 0 aliphatic carbocycles. The van der Waals surface area contributed by atoms with Gasteiger partial charge in [-0.2, -0.15) is 0 Å². The van der Waals surface area contributed by atoms with Crippen LogP contribution in [0.25, 0.3) is 16.6 Å². The first-order chi connectivity index (χ1) is 15.2. The maximum Gasteiger partial charge on any atom is 0.275 e. The van der Waals surface area contributed by atoms with Gasteiger partial charge in [-0.1, -0.05) is 32.0 Å². The van der Waals surface area contributed by atoms with E-state index < -0.39 is 10.0 Å². The minimum absolute atomic E-state index is 0.0764. The second-order valence-corrected chi connectivity index (χ2v) is 10.1. The SMILES string of the molecule is Cc1c(C(C)C)c(=O)n(-c2ccc(S(=O)(=O)NCCc3c[nH]c4ccccc34)cc2)n1C. The Hall–Kier alpha value is -3.10. The highest BCUT2D eigenvalue weighted by Crippen LogP contribution is 2.20. The molecule has 2 heterocycles. The zero-order valence-corrected chi connectivity index (χ0v) is 19.5. The molecule has 2 aromatic heterocycles. The standard InChI is InChI=1S/C24H28N4O3S/c1-16(2)23-17(3)27(4)28(24(23)29)19-9-11-20(12-10-19)32(30,31)26-14-13-18-15-25-22-8-6-5-7-21(18)22/h5-12,15-16,25-26H,13-14H2,1-4H3. The van der Waals surface area contributed by atoms with E-state index in [1.54, 1.807) is 21.5 Å². The number of nitrogens with one attached hydrogen (secondary N) is 2. The van der Waals surface area contributed by atoms with Crippen LogP contribution in [-0.2, 0) is 23.5 Å². The van der Waals surface area contributed by atoms with Gasteiger partial charge in [-0.3, -0.25) is 9.48 Å². The lowest BCUT2D eigenvalue weighted by atomic mass is 10.0. The van der Waals surface area contributed by atoms with Gasteiger partial charge in [0.15, 0.2) is 0 Å². The minimum Gasteiger partial charge on any atom is -0.361 e. The summed E-state index contributed by atoms with van der Waals surface area (Å²) in [6.07, 6.45) is 2.50. The molecule has 0 unspecified atom stereocenters. The van der Waals surface area contributed by atoms with Crippen molar-refractivity contribution in [3.8, 4) is 5.69 Å². The fraction of sp³-hybridized carbons (Fsp3) is 0.292. The van der Waals surface area contributed by atoms with Gasteiger partial charge < -0.3 is 4.98 Å². The van der Waals surface area contributed by atoms with Crippen molar-refractivity contribution in [2.75, 3.05) is 6.54 Å². The average Bonchev–Trinajstić information content (AvgIpc) is 3.26. The fourth-order valence-corrected chi connectivity index (χ4v) is 5.22. The number of nitrogens with zero attached hydrogens (tertiary/aromatic N) is 2. The van der Waals surface area contributed by atoms with Crippen LogP contribution in [0.5, 0.6) is 0 Å². The van der Waals surface area contributed by atoms with Gasteiger partial charge in [0.2, 0.25) is 10.0 Å². The summed E-state index contributed by atoms with van der Waals surface area (Å²) in [5.74, 6) is 0.107. The Kier molecular flexibility index (Phi) is 5.83. The molecule has 0 amide bonds. The molecular formula is C24H28N4O3S. The van der Waals surface area contributed by atoms with E-state index in [-0.39, 0.29) is 16.4 Å². The number of aromatic amines is 1. The maximum absolute atomic E-state index is 12.9. The van der Waals surface area contributed by atoms with Crippen molar-refractivity contribution in [1.29, 1.82) is 0 Å². The summed E-state index contributed by atoms with van der Waals surface area (Å²) in [4.78, 5) is 16.3. The zero-order chi connectivity index (χ0) is 23.0. The van der Waals surface area contributed by atoms with Crippen LogP contribution in [0.4, 0.5) is 0 Å². The van der Waals surface area contributed by atoms with E-state index in [4.69, 9.17) is 0 Å². The number of benzene rings is 2. The Bertz CT molecular complexity index is 1420. The molecule has 0 aliphatic heterocycles. The van der Waals surface area contributed by atoms with Crippen LogP contribution in [0.1, 0.15) is 36.6 Å². The third-order valence-electron chi connectivity index (χ3n) is 5.93. The van der Waals surface area contributed by atoms with Gasteiger partial charge >= 0.3 is 0 Å². The van der Waals surface area contributed by atoms with Crippen molar-refractivity contribution >= 4 is 20.9 Å². The number of sulfonamides is 1. The summed E-state index contributed by atoms with van der Waals surface area (Å²) >= 11 is 0. The van der Waals surface area contributed by atoms with Gasteiger partial charge in [-0.25, -0.2) is 17.8 Å². The fourth-order valence-electron chi connectivity index (χ4n) is 4.19. The summed E-state index contributed by atoms with van der Waals surface area (Å²) in [7, 11) is -1.82. The summed E-state index contributed by atoms with van der Waals surface area (Å²) in [5.41, 5.74) is 4.33. The number of hydrogen-bond donors (Lipinski definition) is 2.